The van der Waals surface area contributed by atoms with Crippen LogP contribution in [0.1, 0.15) is 15.9 Å². The second-order valence-electron chi connectivity index (χ2n) is 6.94. The minimum Gasteiger partial charge on any atom is -0.493 e. The van der Waals surface area contributed by atoms with Crippen LogP contribution in [0.2, 0.25) is 0 Å². The molecule has 4 aromatic rings. The molecule has 7 nitrogen and oxygen atoms in total. The maximum absolute atomic E-state index is 13.8. The molecule has 0 aliphatic carbocycles. The van der Waals surface area contributed by atoms with Gasteiger partial charge in [0.1, 0.15) is 5.82 Å². The van der Waals surface area contributed by atoms with E-state index in [4.69, 9.17) is 14.2 Å². The number of aromatic nitrogens is 1. The summed E-state index contributed by atoms with van der Waals surface area (Å²) in [6, 6.07) is 14.4. The van der Waals surface area contributed by atoms with Crippen molar-refractivity contribution in [1.82, 2.24) is 4.98 Å². The van der Waals surface area contributed by atoms with Crippen LogP contribution in [0.3, 0.4) is 0 Å². The van der Waals surface area contributed by atoms with Crippen LogP contribution in [0.25, 0.3) is 10.2 Å². The van der Waals surface area contributed by atoms with Crippen LogP contribution in [-0.2, 0) is 0 Å². The summed E-state index contributed by atoms with van der Waals surface area (Å²) in [5.74, 6) is 0.271. The number of fused-ring (bicyclic) bond motifs is 1. The van der Waals surface area contributed by atoms with E-state index in [0.29, 0.717) is 33.5 Å². The molecule has 10 heteroatoms. The molecule has 4 rings (SSSR count). The van der Waals surface area contributed by atoms with Crippen LogP contribution >= 0.6 is 27.3 Å². The number of thiazole rings is 1. The summed E-state index contributed by atoms with van der Waals surface area (Å²) >= 11 is 4.74. The molecule has 0 unspecified atom stereocenters. The van der Waals surface area contributed by atoms with E-state index in [1.807, 2.05) is 18.2 Å². The molecule has 1 heterocycles. The second-order valence-corrected chi connectivity index (χ2v) is 8.86. The van der Waals surface area contributed by atoms with Crippen LogP contribution in [-0.4, -0.2) is 38.4 Å². The molecule has 0 atom stereocenters. The third kappa shape index (κ3) is 4.87. The smallest absolute Gasteiger partial charge is 0.280 e. The summed E-state index contributed by atoms with van der Waals surface area (Å²) in [5.41, 5.74) is 1.45. The van der Waals surface area contributed by atoms with Gasteiger partial charge in [-0.1, -0.05) is 33.3 Å². The van der Waals surface area contributed by atoms with Gasteiger partial charge < -0.3 is 14.2 Å². The number of halogens is 2. The van der Waals surface area contributed by atoms with E-state index in [-0.39, 0.29) is 5.56 Å². The second kappa shape index (κ2) is 10.2. The van der Waals surface area contributed by atoms with E-state index in [1.54, 1.807) is 12.1 Å². The summed E-state index contributed by atoms with van der Waals surface area (Å²) in [7, 11) is 4.54. The van der Waals surface area contributed by atoms with Crippen molar-refractivity contribution in [3.05, 3.63) is 76.0 Å². The fourth-order valence-corrected chi connectivity index (χ4v) is 4.68. The van der Waals surface area contributed by atoms with E-state index in [1.165, 1.54) is 57.1 Å². The van der Waals surface area contributed by atoms with Crippen LogP contribution in [0.5, 0.6) is 17.2 Å². The van der Waals surface area contributed by atoms with E-state index in [9.17, 15) is 9.18 Å². The van der Waals surface area contributed by atoms with Crippen molar-refractivity contribution in [1.29, 1.82) is 0 Å². The molecule has 0 saturated carbocycles. The van der Waals surface area contributed by atoms with Crippen molar-refractivity contribution in [2.45, 2.75) is 0 Å². The van der Waals surface area contributed by atoms with Gasteiger partial charge in [0.25, 0.3) is 5.91 Å². The third-order valence-corrected chi connectivity index (χ3v) is 6.28. The van der Waals surface area contributed by atoms with Crippen LogP contribution < -0.4 is 19.2 Å². The number of carbonyl (C=O) groups excluding carboxylic acids is 1. The highest BCUT2D eigenvalue weighted by molar-refractivity contribution is 9.10. The van der Waals surface area contributed by atoms with Crippen molar-refractivity contribution in [3.8, 4) is 17.2 Å². The lowest BCUT2D eigenvalue weighted by Gasteiger charge is -2.15. The number of ether oxygens (including phenoxy) is 3. The van der Waals surface area contributed by atoms with Crippen molar-refractivity contribution in [3.63, 3.8) is 0 Å². The van der Waals surface area contributed by atoms with E-state index in [2.05, 4.69) is 26.0 Å². The number of nitrogens with zero attached hydrogens (tertiary/aromatic N) is 3. The number of hydrazone groups is 1. The summed E-state index contributed by atoms with van der Waals surface area (Å²) in [6.45, 7) is 0. The monoisotopic (exact) mass is 543 g/mol. The Bertz CT molecular complexity index is 1370. The minimum absolute atomic E-state index is 0.141. The number of hydrogen-bond donors (Lipinski definition) is 0. The molecule has 34 heavy (non-hydrogen) atoms. The number of rotatable bonds is 7. The Labute approximate surface area is 207 Å². The summed E-state index contributed by atoms with van der Waals surface area (Å²) in [5, 5.41) is 5.90. The van der Waals surface area contributed by atoms with Crippen molar-refractivity contribution in [2.75, 3.05) is 26.3 Å². The highest BCUT2D eigenvalue weighted by atomic mass is 79.9. The Morgan fingerprint density at radius 3 is 2.44 bits per heavy atom. The van der Waals surface area contributed by atoms with Gasteiger partial charge in [0, 0.05) is 15.6 Å². The zero-order chi connectivity index (χ0) is 24.2. The Kier molecular flexibility index (Phi) is 7.09. The van der Waals surface area contributed by atoms with Gasteiger partial charge in [-0.15, -0.1) is 0 Å². The predicted octanol–water partition coefficient (Wildman–Crippen LogP) is 5.90. The number of methoxy groups -OCH3 is 3. The van der Waals surface area contributed by atoms with Gasteiger partial charge in [0.15, 0.2) is 11.5 Å². The molecule has 0 aliphatic rings. The maximum atomic E-state index is 13.8. The fourth-order valence-electron chi connectivity index (χ4n) is 3.21. The number of amides is 1. The van der Waals surface area contributed by atoms with E-state index >= 15 is 0 Å². The van der Waals surface area contributed by atoms with Gasteiger partial charge >= 0.3 is 0 Å². The molecule has 0 fully saturated rings. The fraction of sp³-hybridized carbons (Fsp3) is 0.125. The highest BCUT2D eigenvalue weighted by Gasteiger charge is 2.22. The van der Waals surface area contributed by atoms with Gasteiger partial charge in [-0.3, -0.25) is 4.79 Å². The van der Waals surface area contributed by atoms with Gasteiger partial charge in [0.05, 0.1) is 37.8 Å². The lowest BCUT2D eigenvalue weighted by atomic mass is 10.2. The first kappa shape index (κ1) is 23.7. The van der Waals surface area contributed by atoms with Gasteiger partial charge in [0.2, 0.25) is 10.9 Å². The van der Waals surface area contributed by atoms with Gasteiger partial charge in [-0.05, 0) is 48.5 Å². The van der Waals surface area contributed by atoms with E-state index < -0.39 is 11.7 Å². The first-order chi connectivity index (χ1) is 16.4. The van der Waals surface area contributed by atoms with Gasteiger partial charge in [-0.2, -0.15) is 10.1 Å². The Morgan fingerprint density at radius 2 is 1.79 bits per heavy atom. The molecule has 0 N–H and O–H groups in total. The molecule has 0 bridgehead atoms. The Morgan fingerprint density at radius 1 is 1.06 bits per heavy atom. The number of anilines is 1. The van der Waals surface area contributed by atoms with E-state index in [0.717, 1.165) is 20.2 Å². The van der Waals surface area contributed by atoms with Crippen LogP contribution in [0.4, 0.5) is 9.52 Å². The zero-order valence-electron chi connectivity index (χ0n) is 18.4. The normalized spacial score (nSPS) is 11.1. The SMILES string of the molecule is COc1cc(/C=N/N(C(=O)c2cccc(F)c2)c2nc3ccc(Br)cc3s2)cc(OC)c1OC. The maximum Gasteiger partial charge on any atom is 0.280 e. The molecule has 1 amide bonds. The summed E-state index contributed by atoms with van der Waals surface area (Å²) < 4.78 is 31.7. The molecule has 0 saturated heterocycles. The molecule has 3 aromatic carbocycles. The van der Waals surface area contributed by atoms with Gasteiger partial charge in [-0.25, -0.2) is 9.37 Å². The van der Waals surface area contributed by atoms with Crippen molar-refractivity contribution in [2.24, 2.45) is 5.10 Å². The molecule has 1 aromatic heterocycles. The average molecular weight is 544 g/mol. The average Bonchev–Trinajstić information content (AvgIpc) is 3.26. The first-order valence-electron chi connectivity index (χ1n) is 9.93. The standard InChI is InChI=1S/C24H19BrFN3O4S/c1-31-19-9-14(10-20(32-2)22(19)33-3)13-27-29(23(30)15-5-4-6-17(26)11-15)24-28-18-8-7-16(25)12-21(18)34-24/h4-13H,1-3H3/b27-13+. The topological polar surface area (TPSA) is 73.2 Å². The first-order valence-corrected chi connectivity index (χ1v) is 11.5. The number of hydrogen-bond acceptors (Lipinski definition) is 7. The zero-order valence-corrected chi connectivity index (χ0v) is 20.8. The minimum atomic E-state index is -0.527. The molecular formula is C24H19BrFN3O4S. The lowest BCUT2D eigenvalue weighted by Crippen LogP contribution is -2.25. The third-order valence-electron chi connectivity index (χ3n) is 4.79. The molecule has 0 spiro atoms. The van der Waals surface area contributed by atoms with Crippen molar-refractivity contribution >= 4 is 54.7 Å². The Hall–Kier alpha value is -3.50. The summed E-state index contributed by atoms with van der Waals surface area (Å²) in [6.07, 6.45) is 1.48. The number of carbonyl (C=O) groups is 1. The molecule has 0 aliphatic heterocycles. The molecule has 0 radical (unpaired) electrons. The lowest BCUT2D eigenvalue weighted by molar-refractivity contribution is 0.0987. The number of benzene rings is 3. The van der Waals surface area contributed by atoms with Crippen molar-refractivity contribution < 1.29 is 23.4 Å². The largest absolute Gasteiger partial charge is 0.493 e. The molecular weight excluding hydrogens is 525 g/mol. The van der Waals surface area contributed by atoms with Crippen LogP contribution in [0, 0.1) is 5.82 Å². The van der Waals surface area contributed by atoms with Crippen LogP contribution in [0.15, 0.2) is 64.2 Å². The quantitative estimate of drug-likeness (QED) is 0.214. The predicted molar refractivity (Wildman–Crippen MR) is 134 cm³/mol. The molecule has 174 valence electrons. The highest BCUT2D eigenvalue weighted by Crippen LogP contribution is 2.38. The summed E-state index contributed by atoms with van der Waals surface area (Å²) in [4.78, 5) is 17.9. The Balaban J connectivity index is 1.79.